The Balaban J connectivity index is 3.43. The minimum absolute atomic E-state index is 0.0833. The maximum Gasteiger partial charge on any atom is 0.131 e. The van der Waals surface area contributed by atoms with E-state index >= 15 is 0 Å². The van der Waals surface area contributed by atoms with Crippen LogP contribution in [-0.2, 0) is 4.79 Å². The van der Waals surface area contributed by atoms with Gasteiger partial charge < -0.3 is 0 Å². The first kappa shape index (κ1) is 7.71. The number of hydrogen-bond donors (Lipinski definition) is 0. The van der Waals surface area contributed by atoms with E-state index in [9.17, 15) is 4.79 Å². The molecular weight excluding hydrogens is 168 g/mol. The van der Waals surface area contributed by atoms with Crippen molar-refractivity contribution in [2.75, 3.05) is 0 Å². The van der Waals surface area contributed by atoms with E-state index in [2.05, 4.69) is 21.9 Å². The molecule has 0 fully saturated rings. The zero-order chi connectivity index (χ0) is 6.57. The summed E-state index contributed by atoms with van der Waals surface area (Å²) in [6, 6.07) is 0. The summed E-state index contributed by atoms with van der Waals surface area (Å²) in [6.07, 6.45) is 5.40. The van der Waals surface area contributed by atoms with E-state index in [1.807, 2.05) is 0 Å². The maximum atomic E-state index is 10.3. The fraction of sp³-hybridized carbons (Fsp3) is 0.500. The highest BCUT2D eigenvalue weighted by atomic mass is 79.9. The predicted octanol–water partition coefficient (Wildman–Crippen LogP) is 1.36. The molecule has 44 valence electrons. The second kappa shape index (κ2) is 3.68. The van der Waals surface area contributed by atoms with Gasteiger partial charge in [0.2, 0.25) is 0 Å². The number of carbonyl (C=O) groups is 1. The van der Waals surface area contributed by atoms with Crippen LogP contribution < -0.4 is 0 Å². The summed E-state index contributed by atoms with van der Waals surface area (Å²) in [4.78, 5) is 10.2. The van der Waals surface area contributed by atoms with Crippen LogP contribution in [0.25, 0.3) is 0 Å². The lowest BCUT2D eigenvalue weighted by Gasteiger charge is -1.93. The molecule has 1 nitrogen and oxygen atoms in total. The molecule has 0 aromatic rings. The van der Waals surface area contributed by atoms with E-state index in [1.54, 1.807) is 0 Å². The first-order chi connectivity index (χ1) is 3.66. The third kappa shape index (κ3) is 3.89. The average Bonchev–Trinajstić information content (AvgIpc) is 1.65. The van der Waals surface area contributed by atoms with Crippen molar-refractivity contribution >= 4 is 21.7 Å². The molecule has 0 spiro atoms. The summed E-state index contributed by atoms with van der Waals surface area (Å²) >= 11 is 3.12. The predicted molar refractivity (Wildman–Crippen MR) is 36.8 cm³/mol. The minimum atomic E-state index is -0.0833. The number of rotatable bonds is 2. The molecule has 0 aliphatic carbocycles. The van der Waals surface area contributed by atoms with E-state index in [0.717, 1.165) is 0 Å². The summed E-state index contributed by atoms with van der Waals surface area (Å²) in [5, 5.41) is 0. The molecule has 2 heteroatoms. The number of Topliss-reactive ketones (excluding diaryl/α,β-unsaturated/α-hetero) is 1. The molecule has 0 saturated heterocycles. The van der Waals surface area contributed by atoms with Gasteiger partial charge in [-0.1, -0.05) is 21.9 Å². The lowest BCUT2D eigenvalue weighted by molar-refractivity contribution is -0.116. The molecule has 0 radical (unpaired) electrons. The number of alkyl halides is 1. The normalized spacial score (nSPS) is 12.1. The summed E-state index contributed by atoms with van der Waals surface area (Å²) in [6.45, 7) is 1.52. The molecule has 0 aromatic heterocycles. The summed E-state index contributed by atoms with van der Waals surface area (Å²) in [5.74, 6) is 2.51. The molecule has 1 unspecified atom stereocenters. The number of halogens is 1. The molecule has 0 bridgehead atoms. The van der Waals surface area contributed by atoms with Crippen molar-refractivity contribution in [1.29, 1.82) is 0 Å². The number of carbonyl (C=O) groups excluding carboxylic acids is 1. The lowest BCUT2D eigenvalue weighted by atomic mass is 10.2. The third-order valence-electron chi connectivity index (χ3n) is 0.648. The third-order valence-corrected chi connectivity index (χ3v) is 1.24. The van der Waals surface area contributed by atoms with Crippen LogP contribution in [0.3, 0.4) is 0 Å². The van der Waals surface area contributed by atoms with Crippen molar-refractivity contribution in [2.24, 2.45) is 0 Å². The fourth-order valence-electron chi connectivity index (χ4n) is 0.311. The second-order valence-corrected chi connectivity index (χ2v) is 2.65. The van der Waals surface area contributed by atoms with E-state index < -0.39 is 0 Å². The van der Waals surface area contributed by atoms with Crippen molar-refractivity contribution in [1.82, 2.24) is 0 Å². The number of ketones is 1. The van der Waals surface area contributed by atoms with Gasteiger partial charge in [0.25, 0.3) is 0 Å². The highest BCUT2D eigenvalue weighted by Crippen LogP contribution is 2.02. The highest BCUT2D eigenvalue weighted by molar-refractivity contribution is 9.09. The smallest absolute Gasteiger partial charge is 0.131 e. The second-order valence-electron chi connectivity index (χ2n) is 1.54. The van der Waals surface area contributed by atoms with Gasteiger partial charge in [0.1, 0.15) is 5.78 Å². The Morgan fingerprint density at radius 2 is 2.50 bits per heavy atom. The van der Waals surface area contributed by atoms with Crippen LogP contribution in [0.5, 0.6) is 0 Å². The first-order valence-corrected chi connectivity index (χ1v) is 3.18. The molecule has 0 aliphatic heterocycles. The molecule has 0 saturated carbocycles. The van der Waals surface area contributed by atoms with Crippen molar-refractivity contribution in [3.05, 3.63) is 0 Å². The molecule has 8 heavy (non-hydrogen) atoms. The van der Waals surface area contributed by atoms with Gasteiger partial charge in [0, 0.05) is 6.42 Å². The minimum Gasteiger partial charge on any atom is -0.300 e. The summed E-state index contributed by atoms with van der Waals surface area (Å²) in [5.41, 5.74) is 0. The summed E-state index contributed by atoms with van der Waals surface area (Å²) in [7, 11) is 0. The number of terminal acetylenes is 1. The molecule has 0 N–H and O–H groups in total. The zero-order valence-corrected chi connectivity index (χ0v) is 6.23. The first-order valence-electron chi connectivity index (χ1n) is 2.26. The van der Waals surface area contributed by atoms with Crippen LogP contribution >= 0.6 is 15.9 Å². The Kier molecular flexibility index (Phi) is 3.55. The molecule has 1 atom stereocenters. The quantitative estimate of drug-likeness (QED) is 0.457. The Labute approximate surface area is 57.6 Å². The van der Waals surface area contributed by atoms with Crippen LogP contribution in [0.15, 0.2) is 0 Å². The molecule has 0 amide bonds. The van der Waals surface area contributed by atoms with Crippen LogP contribution in [-0.4, -0.2) is 10.6 Å². The Bertz CT molecular complexity index is 123. The zero-order valence-electron chi connectivity index (χ0n) is 4.65. The molecule has 0 heterocycles. The van der Waals surface area contributed by atoms with Crippen molar-refractivity contribution in [3.63, 3.8) is 0 Å². The summed E-state index contributed by atoms with van der Waals surface area (Å²) < 4.78 is 0. The Morgan fingerprint density at radius 3 is 2.62 bits per heavy atom. The molecular formula is C6H7BrO. The van der Waals surface area contributed by atoms with Gasteiger partial charge in [-0.15, -0.1) is 6.42 Å². The topological polar surface area (TPSA) is 17.1 Å². The van der Waals surface area contributed by atoms with E-state index in [1.165, 1.54) is 6.92 Å². The largest absolute Gasteiger partial charge is 0.300 e. The van der Waals surface area contributed by atoms with Gasteiger partial charge in [0.15, 0.2) is 0 Å². The maximum absolute atomic E-state index is 10.3. The standard InChI is InChI=1S/C6H7BrO/c1-3-6(7)4-5(2)8/h1,6H,4H2,2H3. The van der Waals surface area contributed by atoms with Crippen molar-refractivity contribution in [2.45, 2.75) is 18.2 Å². The van der Waals surface area contributed by atoms with Crippen molar-refractivity contribution < 1.29 is 4.79 Å². The van der Waals surface area contributed by atoms with Gasteiger partial charge in [-0.25, -0.2) is 0 Å². The molecule has 0 rings (SSSR count). The fourth-order valence-corrected chi connectivity index (χ4v) is 0.767. The van der Waals surface area contributed by atoms with Gasteiger partial charge in [-0.05, 0) is 6.92 Å². The monoisotopic (exact) mass is 174 g/mol. The lowest BCUT2D eigenvalue weighted by Crippen LogP contribution is -2.00. The average molecular weight is 175 g/mol. The van der Waals surface area contributed by atoms with Crippen LogP contribution in [0.1, 0.15) is 13.3 Å². The Morgan fingerprint density at radius 1 is 2.00 bits per heavy atom. The van der Waals surface area contributed by atoms with Gasteiger partial charge in [-0.3, -0.25) is 4.79 Å². The highest BCUT2D eigenvalue weighted by Gasteiger charge is 2.00. The SMILES string of the molecule is C#CC(Br)CC(C)=O. The van der Waals surface area contributed by atoms with Gasteiger partial charge in [0.05, 0.1) is 4.83 Å². The van der Waals surface area contributed by atoms with Crippen LogP contribution in [0.4, 0.5) is 0 Å². The molecule has 0 aliphatic rings. The Hall–Kier alpha value is -0.290. The van der Waals surface area contributed by atoms with Crippen LogP contribution in [0, 0.1) is 12.3 Å². The van der Waals surface area contributed by atoms with E-state index in [0.29, 0.717) is 6.42 Å². The van der Waals surface area contributed by atoms with Gasteiger partial charge in [-0.2, -0.15) is 0 Å². The van der Waals surface area contributed by atoms with Gasteiger partial charge >= 0.3 is 0 Å². The van der Waals surface area contributed by atoms with E-state index in [-0.39, 0.29) is 10.6 Å². The van der Waals surface area contributed by atoms with Crippen molar-refractivity contribution in [3.8, 4) is 12.3 Å². The molecule has 0 aromatic carbocycles. The van der Waals surface area contributed by atoms with E-state index in [4.69, 9.17) is 6.42 Å². The van der Waals surface area contributed by atoms with Crippen LogP contribution in [0.2, 0.25) is 0 Å². The number of hydrogen-bond acceptors (Lipinski definition) is 1.